The van der Waals surface area contributed by atoms with Crippen molar-refractivity contribution in [3.63, 3.8) is 0 Å². The summed E-state index contributed by atoms with van der Waals surface area (Å²) in [5, 5.41) is 0. The van der Waals surface area contributed by atoms with Crippen LogP contribution in [0.2, 0.25) is 0 Å². The fourth-order valence-corrected chi connectivity index (χ4v) is 3.59. The van der Waals surface area contributed by atoms with E-state index in [9.17, 15) is 30.7 Å². The predicted octanol–water partition coefficient (Wildman–Crippen LogP) is 6.94. The zero-order valence-corrected chi connectivity index (χ0v) is 15.7. The van der Waals surface area contributed by atoms with Crippen molar-refractivity contribution in [2.24, 2.45) is 0 Å². The number of halogens is 7. The maximum atomic E-state index is 14.3. The Hall–Kier alpha value is -1.35. The first-order valence-electron chi connectivity index (χ1n) is 7.74. The van der Waals surface area contributed by atoms with E-state index in [2.05, 4.69) is 12.6 Å². The Morgan fingerprint density at radius 2 is 1.63 bits per heavy atom. The molecule has 0 heterocycles. The molecule has 2 aromatic rings. The van der Waals surface area contributed by atoms with E-state index < -0.39 is 41.5 Å². The third-order valence-electron chi connectivity index (χ3n) is 3.82. The van der Waals surface area contributed by atoms with Gasteiger partial charge in [0.25, 0.3) is 5.92 Å². The fraction of sp³-hybridized carbons (Fsp3) is 0.333. The molecule has 0 saturated carbocycles. The molecule has 2 rings (SSSR count). The first kappa shape index (κ1) is 21.9. The van der Waals surface area contributed by atoms with Gasteiger partial charge >= 0.3 is 6.18 Å². The number of aryl methyl sites for hydroxylation is 2. The van der Waals surface area contributed by atoms with Crippen LogP contribution in [0.4, 0.5) is 30.7 Å². The third kappa shape index (κ3) is 6.07. The van der Waals surface area contributed by atoms with Crippen LogP contribution in [-0.2, 0) is 12.3 Å². The van der Waals surface area contributed by atoms with Gasteiger partial charge < -0.3 is 0 Å². The van der Waals surface area contributed by atoms with Gasteiger partial charge in [0.1, 0.15) is 0 Å². The van der Waals surface area contributed by atoms with Crippen molar-refractivity contribution in [3.05, 3.63) is 58.7 Å². The van der Waals surface area contributed by atoms with Gasteiger partial charge in [0.15, 0.2) is 11.6 Å². The fourth-order valence-electron chi connectivity index (χ4n) is 2.39. The number of rotatable bonds is 6. The van der Waals surface area contributed by atoms with E-state index in [4.69, 9.17) is 0 Å². The van der Waals surface area contributed by atoms with E-state index in [0.717, 1.165) is 6.07 Å². The van der Waals surface area contributed by atoms with Crippen LogP contribution >= 0.6 is 24.4 Å². The highest BCUT2D eigenvalue weighted by Gasteiger charge is 2.32. The second-order valence-corrected chi connectivity index (χ2v) is 7.48. The molecular formula is C18H15F7S2. The van der Waals surface area contributed by atoms with Crippen molar-refractivity contribution in [1.82, 2.24) is 0 Å². The molecule has 0 aliphatic carbocycles. The van der Waals surface area contributed by atoms with Crippen molar-refractivity contribution >= 4 is 24.4 Å². The molecule has 0 spiro atoms. The standard InChI is InChI=1S/C18H15F7S2/c1-10-6-15(26)11(7-16(10)27-9-18(23,24)25)4-5-17(21,22)12-2-3-13(19)14(20)8-12/h2-3,6-8,26H,4-5,9H2,1H3. The van der Waals surface area contributed by atoms with Crippen LogP contribution in [0, 0.1) is 18.6 Å². The molecule has 0 fully saturated rings. The zero-order valence-electron chi connectivity index (χ0n) is 14.0. The molecule has 0 unspecified atom stereocenters. The van der Waals surface area contributed by atoms with Crippen LogP contribution in [0.1, 0.15) is 23.1 Å². The summed E-state index contributed by atoms with van der Waals surface area (Å²) in [5.74, 6) is -7.12. The van der Waals surface area contributed by atoms with Crippen LogP contribution in [0.3, 0.4) is 0 Å². The van der Waals surface area contributed by atoms with Crippen molar-refractivity contribution in [2.45, 2.75) is 41.7 Å². The maximum Gasteiger partial charge on any atom is 0.398 e. The van der Waals surface area contributed by atoms with Crippen LogP contribution < -0.4 is 0 Å². The second-order valence-electron chi connectivity index (χ2n) is 5.98. The zero-order chi connectivity index (χ0) is 20.4. The van der Waals surface area contributed by atoms with Crippen LogP contribution in [0.5, 0.6) is 0 Å². The summed E-state index contributed by atoms with van der Waals surface area (Å²) < 4.78 is 92.0. The molecule has 27 heavy (non-hydrogen) atoms. The molecule has 148 valence electrons. The highest BCUT2D eigenvalue weighted by atomic mass is 32.2. The van der Waals surface area contributed by atoms with E-state index in [1.165, 1.54) is 12.1 Å². The molecular weight excluding hydrogens is 413 g/mol. The van der Waals surface area contributed by atoms with Gasteiger partial charge in [0.2, 0.25) is 0 Å². The van der Waals surface area contributed by atoms with Crippen molar-refractivity contribution < 1.29 is 30.7 Å². The number of hydrogen-bond donors (Lipinski definition) is 1. The summed E-state index contributed by atoms with van der Waals surface area (Å²) in [4.78, 5) is 0.709. The summed E-state index contributed by atoms with van der Waals surface area (Å²) in [6, 6.07) is 4.80. The third-order valence-corrected chi connectivity index (χ3v) is 5.46. The summed E-state index contributed by atoms with van der Waals surface area (Å²) in [5.41, 5.74) is 0.252. The molecule has 0 amide bonds. The molecule has 2 aromatic carbocycles. The lowest BCUT2D eigenvalue weighted by atomic mass is 9.99. The van der Waals surface area contributed by atoms with Crippen molar-refractivity contribution in [1.29, 1.82) is 0 Å². The minimum Gasteiger partial charge on any atom is -0.204 e. The van der Waals surface area contributed by atoms with Crippen LogP contribution in [0.25, 0.3) is 0 Å². The van der Waals surface area contributed by atoms with Gasteiger partial charge in [0.05, 0.1) is 5.75 Å². The monoisotopic (exact) mass is 428 g/mol. The molecule has 9 heteroatoms. The lowest BCUT2D eigenvalue weighted by molar-refractivity contribution is -0.105. The summed E-state index contributed by atoms with van der Waals surface area (Å²) in [7, 11) is 0. The topological polar surface area (TPSA) is 0 Å². The highest BCUT2D eigenvalue weighted by molar-refractivity contribution is 7.99. The minimum atomic E-state index is -4.35. The first-order chi connectivity index (χ1) is 12.4. The Labute approximate surface area is 161 Å². The molecule has 0 aliphatic heterocycles. The maximum absolute atomic E-state index is 14.3. The van der Waals surface area contributed by atoms with Crippen LogP contribution in [0.15, 0.2) is 40.1 Å². The quantitative estimate of drug-likeness (QED) is 0.295. The average molecular weight is 428 g/mol. The predicted molar refractivity (Wildman–Crippen MR) is 93.8 cm³/mol. The number of hydrogen-bond acceptors (Lipinski definition) is 2. The molecule has 0 nitrogen and oxygen atoms in total. The largest absolute Gasteiger partial charge is 0.398 e. The van der Waals surface area contributed by atoms with Gasteiger partial charge in [-0.2, -0.15) is 13.2 Å². The molecule has 0 atom stereocenters. The average Bonchev–Trinajstić information content (AvgIpc) is 2.54. The smallest absolute Gasteiger partial charge is 0.204 e. The molecule has 0 aliphatic rings. The molecule has 0 bridgehead atoms. The molecule has 0 saturated heterocycles. The lowest BCUT2D eigenvalue weighted by Gasteiger charge is -2.18. The molecule has 0 radical (unpaired) electrons. The Kier molecular flexibility index (Phi) is 6.78. The van der Waals surface area contributed by atoms with Gasteiger partial charge in [-0.1, -0.05) is 0 Å². The normalized spacial score (nSPS) is 12.5. The molecule has 0 aromatic heterocycles. The van der Waals surface area contributed by atoms with E-state index in [-0.39, 0.29) is 6.42 Å². The Morgan fingerprint density at radius 3 is 2.22 bits per heavy atom. The van der Waals surface area contributed by atoms with Gasteiger partial charge in [-0.3, -0.25) is 0 Å². The van der Waals surface area contributed by atoms with Crippen molar-refractivity contribution in [2.75, 3.05) is 5.75 Å². The van der Waals surface area contributed by atoms with E-state index in [1.54, 1.807) is 6.92 Å². The van der Waals surface area contributed by atoms with Gasteiger partial charge in [-0.15, -0.1) is 24.4 Å². The molecule has 0 N–H and O–H groups in total. The first-order valence-corrected chi connectivity index (χ1v) is 9.18. The second kappa shape index (κ2) is 8.34. The van der Waals surface area contributed by atoms with E-state index in [0.29, 0.717) is 44.8 Å². The van der Waals surface area contributed by atoms with Crippen molar-refractivity contribution in [3.8, 4) is 0 Å². The summed E-state index contributed by atoms with van der Waals surface area (Å²) >= 11 is 4.77. The van der Waals surface area contributed by atoms with Gasteiger partial charge in [-0.25, -0.2) is 17.6 Å². The Balaban J connectivity index is 2.17. The summed E-state index contributed by atoms with van der Waals surface area (Å²) in [6.45, 7) is 1.61. The van der Waals surface area contributed by atoms with Gasteiger partial charge in [0, 0.05) is 21.8 Å². The number of thiol groups is 1. The Morgan fingerprint density at radius 1 is 0.963 bits per heavy atom. The van der Waals surface area contributed by atoms with E-state index >= 15 is 0 Å². The van der Waals surface area contributed by atoms with Crippen LogP contribution in [-0.4, -0.2) is 11.9 Å². The highest BCUT2D eigenvalue weighted by Crippen LogP contribution is 2.36. The van der Waals surface area contributed by atoms with E-state index in [1.807, 2.05) is 0 Å². The Bertz CT molecular complexity index is 816. The number of benzene rings is 2. The number of thioether (sulfide) groups is 1. The summed E-state index contributed by atoms with van der Waals surface area (Å²) in [6.07, 6.45) is -5.26. The lowest BCUT2D eigenvalue weighted by Crippen LogP contribution is -2.15. The number of alkyl halides is 5. The van der Waals surface area contributed by atoms with Gasteiger partial charge in [-0.05, 0) is 54.8 Å². The SMILES string of the molecule is Cc1cc(S)c(CCC(F)(F)c2ccc(F)c(F)c2)cc1SCC(F)(F)F. The minimum absolute atomic E-state index is 0.190.